The summed E-state index contributed by atoms with van der Waals surface area (Å²) in [5.41, 5.74) is 4.91. The van der Waals surface area contributed by atoms with Crippen LogP contribution in [0.2, 0.25) is 0 Å². The summed E-state index contributed by atoms with van der Waals surface area (Å²) in [6.07, 6.45) is 2.11. The van der Waals surface area contributed by atoms with Crippen LogP contribution in [0.5, 0.6) is 11.5 Å². The van der Waals surface area contributed by atoms with Gasteiger partial charge in [0.15, 0.2) is 11.5 Å². The molecule has 0 aliphatic carbocycles. The van der Waals surface area contributed by atoms with Gasteiger partial charge in [0.25, 0.3) is 0 Å². The van der Waals surface area contributed by atoms with Crippen LogP contribution >= 0.6 is 0 Å². The number of aromatic nitrogens is 1. The molecule has 0 unspecified atom stereocenters. The van der Waals surface area contributed by atoms with E-state index in [4.69, 9.17) is 9.47 Å². The summed E-state index contributed by atoms with van der Waals surface area (Å²) < 4.78 is 15.8. The van der Waals surface area contributed by atoms with Gasteiger partial charge in [0, 0.05) is 18.3 Å². The van der Waals surface area contributed by atoms with Gasteiger partial charge in [0.2, 0.25) is 12.5 Å². The molecule has 4 heteroatoms. The normalized spacial score (nSPS) is 14.7. The van der Waals surface area contributed by atoms with E-state index in [0.717, 1.165) is 11.5 Å². The molecule has 3 heterocycles. The van der Waals surface area contributed by atoms with Gasteiger partial charge in [0.05, 0.1) is 11.3 Å². The van der Waals surface area contributed by atoms with Crippen molar-refractivity contribution >= 4 is 5.71 Å². The monoisotopic (exact) mass is 297 g/mol. The van der Waals surface area contributed by atoms with Crippen molar-refractivity contribution in [1.82, 2.24) is 4.57 Å². The molecule has 0 radical (unpaired) electrons. The number of rotatable bonds is 2. The first-order valence-electron chi connectivity index (χ1n) is 7.85. The number of ether oxygens (including phenoxy) is 2. The van der Waals surface area contributed by atoms with Crippen LogP contribution in [-0.2, 0) is 0 Å². The summed E-state index contributed by atoms with van der Waals surface area (Å²) in [5, 5.41) is 0. The smallest absolute Gasteiger partial charge is 0.234 e. The molecule has 2 aliphatic heterocycles. The minimum atomic E-state index is 0.310. The standard InChI is InChI=1S/C18H21N2O2/c1-11(2)20(12(3)4)18-13-8-16-17(22-10-21-16)9-15(13)19-7-5-6-14(18)19/h5-9,11-12H,10H2,1-4H3/q+1. The average Bonchev–Trinajstić information content (AvgIpc) is 3.14. The lowest BCUT2D eigenvalue weighted by atomic mass is 10.1. The third-order valence-electron chi connectivity index (χ3n) is 4.37. The van der Waals surface area contributed by atoms with Crippen LogP contribution in [0, 0.1) is 0 Å². The predicted octanol–water partition coefficient (Wildman–Crippen LogP) is 3.19. The second kappa shape index (κ2) is 4.63. The van der Waals surface area contributed by atoms with Crippen molar-refractivity contribution in [3.8, 4) is 17.2 Å². The molecule has 0 bridgehead atoms. The van der Waals surface area contributed by atoms with Crippen molar-refractivity contribution in [2.45, 2.75) is 39.8 Å². The number of fused-ring (bicyclic) bond motifs is 4. The van der Waals surface area contributed by atoms with Crippen molar-refractivity contribution in [2.75, 3.05) is 6.79 Å². The highest BCUT2D eigenvalue weighted by atomic mass is 16.7. The van der Waals surface area contributed by atoms with E-state index in [1.54, 1.807) is 0 Å². The maximum atomic E-state index is 5.58. The summed E-state index contributed by atoms with van der Waals surface area (Å²) in [4.78, 5) is 0. The molecule has 0 spiro atoms. The van der Waals surface area contributed by atoms with Crippen molar-refractivity contribution in [3.63, 3.8) is 0 Å². The number of benzene rings is 1. The predicted molar refractivity (Wildman–Crippen MR) is 85.6 cm³/mol. The summed E-state index contributed by atoms with van der Waals surface area (Å²) in [5.74, 6) is 1.68. The Balaban J connectivity index is 2.05. The van der Waals surface area contributed by atoms with E-state index in [9.17, 15) is 0 Å². The van der Waals surface area contributed by atoms with Crippen LogP contribution in [0.3, 0.4) is 0 Å². The molecule has 0 amide bonds. The summed E-state index contributed by atoms with van der Waals surface area (Å²) in [7, 11) is 0. The molecule has 4 rings (SSSR count). The average molecular weight is 297 g/mol. The van der Waals surface area contributed by atoms with Crippen LogP contribution < -0.4 is 9.47 Å². The first kappa shape index (κ1) is 13.4. The zero-order chi connectivity index (χ0) is 15.4. The van der Waals surface area contributed by atoms with Gasteiger partial charge >= 0.3 is 0 Å². The van der Waals surface area contributed by atoms with E-state index in [1.165, 1.54) is 22.7 Å². The third-order valence-corrected chi connectivity index (χ3v) is 4.37. The van der Waals surface area contributed by atoms with Crippen molar-refractivity contribution < 1.29 is 14.0 Å². The first-order valence-corrected chi connectivity index (χ1v) is 7.85. The fourth-order valence-electron chi connectivity index (χ4n) is 3.63. The molecule has 22 heavy (non-hydrogen) atoms. The Morgan fingerprint density at radius 3 is 2.41 bits per heavy atom. The first-order chi connectivity index (χ1) is 10.6. The van der Waals surface area contributed by atoms with Crippen LogP contribution in [0.15, 0.2) is 30.5 Å². The minimum absolute atomic E-state index is 0.310. The number of hydrogen-bond acceptors (Lipinski definition) is 2. The van der Waals surface area contributed by atoms with Gasteiger partial charge < -0.3 is 14.0 Å². The van der Waals surface area contributed by atoms with Crippen LogP contribution in [-0.4, -0.2) is 33.7 Å². The van der Waals surface area contributed by atoms with Gasteiger partial charge in [-0.25, -0.2) is 4.58 Å². The molecule has 0 atom stereocenters. The largest absolute Gasteiger partial charge is 0.454 e. The maximum absolute atomic E-state index is 5.58. The van der Waals surface area contributed by atoms with Crippen molar-refractivity contribution in [3.05, 3.63) is 41.7 Å². The summed E-state index contributed by atoms with van der Waals surface area (Å²) in [6.45, 7) is 9.27. The number of nitrogens with zero attached hydrogens (tertiary/aromatic N) is 2. The van der Waals surface area contributed by atoms with Crippen molar-refractivity contribution in [2.24, 2.45) is 0 Å². The molecule has 0 N–H and O–H groups in total. The molecule has 0 fully saturated rings. The van der Waals surface area contributed by atoms with Gasteiger partial charge in [-0.2, -0.15) is 0 Å². The van der Waals surface area contributed by atoms with E-state index in [0.29, 0.717) is 18.9 Å². The van der Waals surface area contributed by atoms with Crippen LogP contribution in [0.25, 0.3) is 5.69 Å². The Hall–Kier alpha value is -2.23. The van der Waals surface area contributed by atoms with Gasteiger partial charge in [-0.15, -0.1) is 0 Å². The SMILES string of the molecule is CC(C)[N+](=C1c2cc3c(cc2-n2cccc21)OCO3)C(C)C. The molecular weight excluding hydrogens is 276 g/mol. The molecule has 1 aromatic carbocycles. The summed E-state index contributed by atoms with van der Waals surface area (Å²) in [6, 6.07) is 9.34. The Bertz CT molecular complexity index is 774. The Kier molecular flexibility index (Phi) is 2.83. The highest BCUT2D eigenvalue weighted by Gasteiger charge is 2.36. The van der Waals surface area contributed by atoms with Gasteiger partial charge in [0.1, 0.15) is 17.8 Å². The molecule has 2 aliphatic rings. The topological polar surface area (TPSA) is 26.4 Å². The van der Waals surface area contributed by atoms with E-state index < -0.39 is 0 Å². The zero-order valence-electron chi connectivity index (χ0n) is 13.5. The van der Waals surface area contributed by atoms with Gasteiger partial charge in [-0.05, 0) is 39.8 Å². The fourth-order valence-corrected chi connectivity index (χ4v) is 3.63. The fraction of sp³-hybridized carbons (Fsp3) is 0.389. The highest BCUT2D eigenvalue weighted by Crippen LogP contribution is 2.40. The lowest BCUT2D eigenvalue weighted by Crippen LogP contribution is -2.33. The van der Waals surface area contributed by atoms with E-state index in [2.05, 4.69) is 67.3 Å². The third kappa shape index (κ3) is 1.73. The molecule has 1 aromatic heterocycles. The molecule has 0 saturated carbocycles. The quantitative estimate of drug-likeness (QED) is 0.679. The van der Waals surface area contributed by atoms with E-state index in [-0.39, 0.29) is 0 Å². The maximum Gasteiger partial charge on any atom is 0.234 e. The Morgan fingerprint density at radius 2 is 1.73 bits per heavy atom. The second-order valence-corrected chi connectivity index (χ2v) is 6.43. The molecule has 114 valence electrons. The van der Waals surface area contributed by atoms with Gasteiger partial charge in [-0.1, -0.05) is 0 Å². The van der Waals surface area contributed by atoms with Crippen molar-refractivity contribution in [1.29, 1.82) is 0 Å². The lowest BCUT2D eigenvalue weighted by molar-refractivity contribution is -0.586. The highest BCUT2D eigenvalue weighted by molar-refractivity contribution is 6.15. The van der Waals surface area contributed by atoms with E-state index in [1.807, 2.05) is 0 Å². The van der Waals surface area contributed by atoms with E-state index >= 15 is 0 Å². The number of hydrogen-bond donors (Lipinski definition) is 0. The minimum Gasteiger partial charge on any atom is -0.454 e. The van der Waals surface area contributed by atoms with Crippen LogP contribution in [0.4, 0.5) is 0 Å². The second-order valence-electron chi connectivity index (χ2n) is 6.43. The Labute approximate surface area is 130 Å². The molecule has 2 aromatic rings. The van der Waals surface area contributed by atoms with Crippen LogP contribution in [0.1, 0.15) is 39.0 Å². The van der Waals surface area contributed by atoms with Gasteiger partial charge in [-0.3, -0.25) is 0 Å². The lowest BCUT2D eigenvalue weighted by Gasteiger charge is -2.14. The Morgan fingerprint density at radius 1 is 1.05 bits per heavy atom. The molecular formula is C18H21N2O2+. The molecule has 4 nitrogen and oxygen atoms in total. The molecule has 0 saturated heterocycles. The zero-order valence-corrected chi connectivity index (χ0v) is 13.5. The summed E-state index contributed by atoms with van der Waals surface area (Å²) >= 11 is 0.